The minimum Gasteiger partial charge on any atom is -0.465 e. The maximum absolute atomic E-state index is 12.6. The van der Waals surface area contributed by atoms with E-state index in [9.17, 15) is 4.79 Å². The lowest BCUT2D eigenvalue weighted by molar-refractivity contribution is 0.0605. The summed E-state index contributed by atoms with van der Waals surface area (Å²) in [6.07, 6.45) is 5.85. The van der Waals surface area contributed by atoms with Crippen molar-refractivity contribution >= 4 is 38.5 Å². The number of methoxy groups -OCH3 is 1. The van der Waals surface area contributed by atoms with Crippen LogP contribution in [0.1, 0.15) is 15.9 Å². The molecule has 25 heavy (non-hydrogen) atoms. The molecule has 0 amide bonds. The summed E-state index contributed by atoms with van der Waals surface area (Å²) in [5.41, 5.74) is 3.24. The van der Waals surface area contributed by atoms with Crippen molar-refractivity contribution in [1.82, 2.24) is 9.55 Å². The Morgan fingerprint density at radius 2 is 2.04 bits per heavy atom. The molecule has 0 spiro atoms. The van der Waals surface area contributed by atoms with Crippen LogP contribution in [0.5, 0.6) is 0 Å². The van der Waals surface area contributed by atoms with Crippen LogP contribution >= 0.6 is 0 Å². The average Bonchev–Trinajstić information content (AvgIpc) is 3.01. The highest BCUT2D eigenvalue weighted by Crippen LogP contribution is 2.37. The van der Waals surface area contributed by atoms with Gasteiger partial charge in [-0.3, -0.25) is 0 Å². The Kier molecular flexibility index (Phi) is 3.53. The van der Waals surface area contributed by atoms with Gasteiger partial charge in [0.1, 0.15) is 0 Å². The number of hydrogen-bond acceptors (Lipinski definition) is 3. The Hall–Kier alpha value is -3.14. The van der Waals surface area contributed by atoms with Crippen LogP contribution < -0.4 is 0 Å². The van der Waals surface area contributed by atoms with Crippen molar-refractivity contribution in [1.29, 1.82) is 0 Å². The molecule has 0 aliphatic rings. The predicted molar refractivity (Wildman–Crippen MR) is 101 cm³/mol. The number of carbonyl (C=O) groups excluding carboxylic acids is 1. The number of nitrogens with zero attached hydrogens (tertiary/aromatic N) is 2. The van der Waals surface area contributed by atoms with E-state index >= 15 is 0 Å². The lowest BCUT2D eigenvalue weighted by atomic mass is 9.96. The second kappa shape index (κ2) is 5.74. The molecule has 0 atom stereocenters. The zero-order valence-corrected chi connectivity index (χ0v) is 14.2. The van der Waals surface area contributed by atoms with E-state index in [4.69, 9.17) is 9.72 Å². The van der Waals surface area contributed by atoms with Crippen molar-refractivity contribution in [3.05, 3.63) is 66.5 Å². The molecule has 4 rings (SSSR count). The fraction of sp³-hybridized carbons (Fsp3) is 0.143. The summed E-state index contributed by atoms with van der Waals surface area (Å²) < 4.78 is 7.11. The number of ether oxygens (including phenoxy) is 1. The van der Waals surface area contributed by atoms with Crippen molar-refractivity contribution in [2.24, 2.45) is 0 Å². The molecule has 0 saturated heterocycles. The highest BCUT2D eigenvalue weighted by atomic mass is 16.5. The summed E-state index contributed by atoms with van der Waals surface area (Å²) in [6, 6.07) is 9.92. The number of pyridine rings is 1. The summed E-state index contributed by atoms with van der Waals surface area (Å²) in [7, 11) is 1.41. The van der Waals surface area contributed by atoms with Crippen molar-refractivity contribution < 1.29 is 9.53 Å². The first-order valence-electron chi connectivity index (χ1n) is 8.15. The molecular weight excluding hydrogens is 312 g/mol. The molecule has 0 fully saturated rings. The molecule has 2 aromatic carbocycles. The first-order valence-corrected chi connectivity index (χ1v) is 8.15. The first kappa shape index (κ1) is 15.4. The normalized spacial score (nSPS) is 11.3. The smallest absolute Gasteiger partial charge is 0.340 e. The number of aromatic nitrogens is 2. The molecule has 0 radical (unpaired) electrons. The molecule has 4 nitrogen and oxygen atoms in total. The van der Waals surface area contributed by atoms with E-state index in [1.807, 2.05) is 47.2 Å². The highest BCUT2D eigenvalue weighted by molar-refractivity contribution is 6.23. The Labute approximate surface area is 145 Å². The number of allylic oxidation sites excluding steroid dienone is 1. The van der Waals surface area contributed by atoms with E-state index in [2.05, 4.69) is 19.7 Å². The van der Waals surface area contributed by atoms with E-state index in [-0.39, 0.29) is 5.97 Å². The molecular formula is C21H18N2O2. The topological polar surface area (TPSA) is 44.1 Å². The van der Waals surface area contributed by atoms with E-state index < -0.39 is 0 Å². The van der Waals surface area contributed by atoms with Gasteiger partial charge >= 0.3 is 5.97 Å². The van der Waals surface area contributed by atoms with Gasteiger partial charge in [0.2, 0.25) is 0 Å². The van der Waals surface area contributed by atoms with Crippen LogP contribution in [0, 0.1) is 6.92 Å². The van der Waals surface area contributed by atoms with E-state index in [0.717, 1.165) is 32.6 Å². The summed E-state index contributed by atoms with van der Waals surface area (Å²) in [5, 5.41) is 3.96. The van der Waals surface area contributed by atoms with Gasteiger partial charge in [0, 0.05) is 40.5 Å². The number of esters is 1. The molecule has 0 aliphatic carbocycles. The number of rotatable bonds is 3. The number of para-hydroxylation sites is 1. The molecule has 0 aliphatic heterocycles. The zero-order chi connectivity index (χ0) is 17.6. The Morgan fingerprint density at radius 3 is 2.80 bits per heavy atom. The maximum atomic E-state index is 12.6. The van der Waals surface area contributed by atoms with Gasteiger partial charge in [0.15, 0.2) is 0 Å². The number of aryl methyl sites for hydroxylation is 1. The van der Waals surface area contributed by atoms with Crippen LogP contribution in [0.15, 0.2) is 55.4 Å². The molecule has 2 aromatic heterocycles. The molecule has 0 N–H and O–H groups in total. The number of hydrogen-bond donors (Lipinski definition) is 0. The number of fused-ring (bicyclic) bond motifs is 4. The van der Waals surface area contributed by atoms with Crippen LogP contribution in [0.4, 0.5) is 0 Å². The quantitative estimate of drug-likeness (QED) is 0.406. The van der Waals surface area contributed by atoms with Crippen LogP contribution in [-0.4, -0.2) is 22.6 Å². The van der Waals surface area contributed by atoms with Gasteiger partial charge in [-0.15, -0.1) is 6.58 Å². The fourth-order valence-corrected chi connectivity index (χ4v) is 3.54. The van der Waals surface area contributed by atoms with Gasteiger partial charge in [-0.2, -0.15) is 0 Å². The van der Waals surface area contributed by atoms with E-state index in [0.29, 0.717) is 17.6 Å². The largest absolute Gasteiger partial charge is 0.465 e. The summed E-state index contributed by atoms with van der Waals surface area (Å²) in [5.74, 6) is -0.362. The Bertz CT molecular complexity index is 1160. The van der Waals surface area contributed by atoms with Crippen molar-refractivity contribution in [3.8, 4) is 0 Å². The SMILES string of the molecule is C=CCn1ccc2c(C(=O)OC)c3nc4ccccc4c3c(C)c2c1. The third-order valence-electron chi connectivity index (χ3n) is 4.67. The average molecular weight is 330 g/mol. The molecule has 2 heterocycles. The fourth-order valence-electron chi connectivity index (χ4n) is 3.54. The van der Waals surface area contributed by atoms with Crippen molar-refractivity contribution in [3.63, 3.8) is 0 Å². The van der Waals surface area contributed by atoms with Gasteiger partial charge in [-0.1, -0.05) is 24.3 Å². The summed E-state index contributed by atoms with van der Waals surface area (Å²) in [4.78, 5) is 17.3. The zero-order valence-electron chi connectivity index (χ0n) is 14.2. The molecule has 0 saturated carbocycles. The van der Waals surface area contributed by atoms with Gasteiger partial charge in [-0.05, 0) is 24.6 Å². The van der Waals surface area contributed by atoms with Crippen LogP contribution in [0.3, 0.4) is 0 Å². The minimum atomic E-state index is -0.362. The van der Waals surface area contributed by atoms with Crippen molar-refractivity contribution in [2.45, 2.75) is 13.5 Å². The van der Waals surface area contributed by atoms with Crippen LogP contribution in [0.25, 0.3) is 32.6 Å². The van der Waals surface area contributed by atoms with Crippen molar-refractivity contribution in [2.75, 3.05) is 7.11 Å². The Balaban J connectivity index is 2.24. The minimum absolute atomic E-state index is 0.362. The second-order valence-electron chi connectivity index (χ2n) is 6.10. The van der Waals surface area contributed by atoms with E-state index in [1.165, 1.54) is 7.11 Å². The number of carbonyl (C=O) groups is 1. The lowest BCUT2D eigenvalue weighted by Gasteiger charge is -2.13. The molecule has 124 valence electrons. The highest BCUT2D eigenvalue weighted by Gasteiger charge is 2.22. The molecule has 4 heteroatoms. The maximum Gasteiger partial charge on any atom is 0.340 e. The third-order valence-corrected chi connectivity index (χ3v) is 4.67. The summed E-state index contributed by atoms with van der Waals surface area (Å²) in [6.45, 7) is 6.59. The first-order chi connectivity index (χ1) is 12.2. The Morgan fingerprint density at radius 1 is 1.24 bits per heavy atom. The number of benzene rings is 2. The van der Waals surface area contributed by atoms with Gasteiger partial charge in [-0.25, -0.2) is 9.78 Å². The summed E-state index contributed by atoms with van der Waals surface area (Å²) >= 11 is 0. The van der Waals surface area contributed by atoms with E-state index in [1.54, 1.807) is 0 Å². The molecule has 0 bridgehead atoms. The lowest BCUT2D eigenvalue weighted by Crippen LogP contribution is -2.06. The van der Waals surface area contributed by atoms with Gasteiger partial charge in [0.25, 0.3) is 0 Å². The third kappa shape index (κ3) is 2.22. The van der Waals surface area contributed by atoms with Gasteiger partial charge < -0.3 is 9.30 Å². The second-order valence-corrected chi connectivity index (χ2v) is 6.10. The standard InChI is InChI=1S/C21H18N2O2/c1-4-10-23-11-9-14-16(12-23)13(2)18-15-7-5-6-8-17(15)22-20(18)19(14)21(24)25-3/h4-9,11-12H,1,10H2,2-3H3. The monoisotopic (exact) mass is 330 g/mol. The predicted octanol–water partition coefficient (Wildman–Crippen LogP) is 4.62. The van der Waals surface area contributed by atoms with Crippen LogP contribution in [0.2, 0.25) is 0 Å². The van der Waals surface area contributed by atoms with Crippen LogP contribution in [-0.2, 0) is 11.3 Å². The molecule has 0 unspecified atom stereocenters. The van der Waals surface area contributed by atoms with Gasteiger partial charge in [0.05, 0.1) is 23.7 Å². The molecule has 4 aromatic rings.